The van der Waals surface area contributed by atoms with Gasteiger partial charge in [0.2, 0.25) is 5.88 Å². The van der Waals surface area contributed by atoms with Crippen LogP contribution in [-0.4, -0.2) is 41.9 Å². The number of aryl methyl sites for hydroxylation is 1. The number of aromatic nitrogens is 1. The van der Waals surface area contributed by atoms with Crippen LogP contribution in [0.5, 0.6) is 5.88 Å². The van der Waals surface area contributed by atoms with Gasteiger partial charge in [0.05, 0.1) is 5.01 Å². The summed E-state index contributed by atoms with van der Waals surface area (Å²) in [5.74, 6) is 0.612. The monoisotopic (exact) mass is 337 g/mol. The Hall–Kier alpha value is -1.47. The quantitative estimate of drug-likeness (QED) is 0.876. The van der Waals surface area contributed by atoms with E-state index >= 15 is 0 Å². The number of nitrogens with zero attached hydrogens (tertiary/aromatic N) is 1. The molecule has 1 saturated heterocycles. The topological polar surface area (TPSA) is 80.3 Å². The first-order valence-corrected chi connectivity index (χ1v) is 9.11. The molecule has 0 bridgehead atoms. The van der Waals surface area contributed by atoms with Crippen LogP contribution in [-0.2, 0) is 4.79 Å². The molecule has 2 aliphatic rings. The van der Waals surface area contributed by atoms with E-state index < -0.39 is 0 Å². The van der Waals surface area contributed by atoms with Crippen molar-refractivity contribution in [2.24, 2.45) is 0 Å². The third kappa shape index (κ3) is 4.29. The smallest absolute Gasteiger partial charge is 0.267 e. The lowest BCUT2D eigenvalue weighted by Crippen LogP contribution is -2.45. The Morgan fingerprint density at radius 3 is 2.83 bits per heavy atom. The minimum Gasteiger partial charge on any atom is -0.473 e. The van der Waals surface area contributed by atoms with Crippen molar-refractivity contribution in [3.63, 3.8) is 0 Å². The van der Waals surface area contributed by atoms with Crippen molar-refractivity contribution in [1.82, 2.24) is 15.6 Å². The van der Waals surface area contributed by atoms with Crippen molar-refractivity contribution in [2.75, 3.05) is 13.1 Å². The first-order valence-electron chi connectivity index (χ1n) is 8.29. The summed E-state index contributed by atoms with van der Waals surface area (Å²) >= 11 is 1.36. The highest BCUT2D eigenvalue weighted by Crippen LogP contribution is 2.29. The maximum atomic E-state index is 12.5. The molecule has 1 amide bonds. The summed E-state index contributed by atoms with van der Waals surface area (Å²) in [6.07, 6.45) is 4.60. The van der Waals surface area contributed by atoms with Crippen LogP contribution >= 0.6 is 11.3 Å². The van der Waals surface area contributed by atoms with Crippen molar-refractivity contribution in [1.29, 1.82) is 0 Å². The summed E-state index contributed by atoms with van der Waals surface area (Å²) < 4.78 is 5.94. The van der Waals surface area contributed by atoms with Crippen LogP contribution in [0.1, 0.15) is 53.2 Å². The van der Waals surface area contributed by atoms with Crippen LogP contribution in [0.2, 0.25) is 0 Å². The lowest BCUT2D eigenvalue weighted by atomic mass is 9.96. The molecule has 1 unspecified atom stereocenters. The van der Waals surface area contributed by atoms with Gasteiger partial charge in [-0.25, -0.2) is 4.98 Å². The SMILES string of the molecule is Cc1nc(OC2CCC(=O)CC2)c(C(=O)NC2CCCNC2)s1. The highest BCUT2D eigenvalue weighted by atomic mass is 32.1. The first kappa shape index (κ1) is 16.4. The zero-order valence-corrected chi connectivity index (χ0v) is 14.2. The van der Waals surface area contributed by atoms with Gasteiger partial charge in [0.1, 0.15) is 11.9 Å². The number of thiazole rings is 1. The van der Waals surface area contributed by atoms with E-state index in [2.05, 4.69) is 15.6 Å². The summed E-state index contributed by atoms with van der Waals surface area (Å²) in [4.78, 5) is 28.8. The third-order valence-corrected chi connectivity index (χ3v) is 5.26. The average molecular weight is 337 g/mol. The fourth-order valence-electron chi connectivity index (χ4n) is 3.05. The minimum absolute atomic E-state index is 0.0166. The van der Waals surface area contributed by atoms with E-state index in [4.69, 9.17) is 4.74 Å². The summed E-state index contributed by atoms with van der Waals surface area (Å²) in [6.45, 7) is 3.70. The summed E-state index contributed by atoms with van der Waals surface area (Å²) in [5.41, 5.74) is 0. The van der Waals surface area contributed by atoms with E-state index in [1.165, 1.54) is 11.3 Å². The second-order valence-corrected chi connectivity index (χ2v) is 7.44. The number of rotatable bonds is 4. The Labute approximate surface area is 140 Å². The van der Waals surface area contributed by atoms with Gasteiger partial charge in [-0.05, 0) is 39.2 Å². The number of carbonyl (C=O) groups excluding carboxylic acids is 2. The van der Waals surface area contributed by atoms with Gasteiger partial charge in [-0.15, -0.1) is 11.3 Å². The van der Waals surface area contributed by atoms with E-state index in [0.717, 1.165) is 30.9 Å². The predicted molar refractivity (Wildman–Crippen MR) is 88.1 cm³/mol. The molecule has 2 fully saturated rings. The number of piperidine rings is 1. The number of ether oxygens (including phenoxy) is 1. The molecule has 2 heterocycles. The molecule has 0 radical (unpaired) electrons. The molecule has 1 saturated carbocycles. The Bertz CT molecular complexity index is 571. The number of Topliss-reactive ketones (excluding diaryl/α,β-unsaturated/α-hetero) is 1. The molecule has 2 N–H and O–H groups in total. The molecule has 0 aromatic carbocycles. The molecule has 6 nitrogen and oxygen atoms in total. The molecule has 3 rings (SSSR count). The van der Waals surface area contributed by atoms with Gasteiger partial charge in [-0.2, -0.15) is 0 Å². The van der Waals surface area contributed by atoms with E-state index in [9.17, 15) is 9.59 Å². The highest BCUT2D eigenvalue weighted by molar-refractivity contribution is 7.13. The number of hydrogen-bond acceptors (Lipinski definition) is 6. The van der Waals surface area contributed by atoms with Crippen LogP contribution in [0.25, 0.3) is 0 Å². The van der Waals surface area contributed by atoms with Gasteiger partial charge in [0.25, 0.3) is 5.91 Å². The largest absolute Gasteiger partial charge is 0.473 e. The molecule has 1 aliphatic heterocycles. The van der Waals surface area contributed by atoms with E-state index in [-0.39, 0.29) is 18.1 Å². The van der Waals surface area contributed by atoms with Crippen molar-refractivity contribution in [3.8, 4) is 5.88 Å². The molecule has 1 aromatic rings. The standard InChI is InChI=1S/C16H23N3O3S/c1-10-18-16(22-13-6-4-12(20)5-7-13)14(23-10)15(21)19-11-3-2-8-17-9-11/h11,13,17H,2-9H2,1H3,(H,19,21). The molecule has 1 aromatic heterocycles. The normalized spacial score (nSPS) is 22.8. The van der Waals surface area contributed by atoms with Crippen molar-refractivity contribution in [3.05, 3.63) is 9.88 Å². The maximum absolute atomic E-state index is 12.5. The Balaban J connectivity index is 1.64. The van der Waals surface area contributed by atoms with Gasteiger partial charge in [-0.1, -0.05) is 0 Å². The van der Waals surface area contributed by atoms with Crippen molar-refractivity contribution < 1.29 is 14.3 Å². The first-order chi connectivity index (χ1) is 11.1. The Morgan fingerprint density at radius 2 is 2.13 bits per heavy atom. The van der Waals surface area contributed by atoms with Gasteiger partial charge in [-0.3, -0.25) is 9.59 Å². The van der Waals surface area contributed by atoms with Gasteiger partial charge < -0.3 is 15.4 Å². The van der Waals surface area contributed by atoms with E-state index in [0.29, 0.717) is 42.2 Å². The second-order valence-electron chi connectivity index (χ2n) is 6.24. The van der Waals surface area contributed by atoms with E-state index in [1.807, 2.05) is 6.92 Å². The molecule has 1 aliphatic carbocycles. The van der Waals surface area contributed by atoms with Crippen LogP contribution < -0.4 is 15.4 Å². The molecule has 23 heavy (non-hydrogen) atoms. The molecule has 0 spiro atoms. The molecule has 126 valence electrons. The molecular weight excluding hydrogens is 314 g/mol. The second kappa shape index (κ2) is 7.40. The minimum atomic E-state index is -0.105. The van der Waals surface area contributed by atoms with Crippen molar-refractivity contribution in [2.45, 2.75) is 57.6 Å². The Morgan fingerprint density at radius 1 is 1.35 bits per heavy atom. The van der Waals surface area contributed by atoms with Gasteiger partial charge >= 0.3 is 0 Å². The summed E-state index contributed by atoms with van der Waals surface area (Å²) in [7, 11) is 0. The van der Waals surface area contributed by atoms with Crippen LogP contribution in [0, 0.1) is 6.92 Å². The van der Waals surface area contributed by atoms with Gasteiger partial charge in [0, 0.05) is 25.4 Å². The van der Waals surface area contributed by atoms with Crippen LogP contribution in [0.3, 0.4) is 0 Å². The maximum Gasteiger partial charge on any atom is 0.267 e. The third-order valence-electron chi connectivity index (χ3n) is 4.31. The number of nitrogens with one attached hydrogen (secondary N) is 2. The zero-order valence-electron chi connectivity index (χ0n) is 13.4. The van der Waals surface area contributed by atoms with Crippen LogP contribution in [0.15, 0.2) is 0 Å². The summed E-state index contributed by atoms with van der Waals surface area (Å²) in [6, 6.07) is 0.166. The molecule has 1 atom stereocenters. The van der Waals surface area contributed by atoms with Crippen molar-refractivity contribution >= 4 is 23.0 Å². The fourth-order valence-corrected chi connectivity index (χ4v) is 3.80. The lowest BCUT2D eigenvalue weighted by Gasteiger charge is -2.24. The number of ketones is 1. The lowest BCUT2D eigenvalue weighted by molar-refractivity contribution is -0.121. The highest BCUT2D eigenvalue weighted by Gasteiger charge is 2.26. The van der Waals surface area contributed by atoms with E-state index in [1.54, 1.807) is 0 Å². The zero-order chi connectivity index (χ0) is 16.2. The summed E-state index contributed by atoms with van der Waals surface area (Å²) in [5, 5.41) is 7.18. The average Bonchev–Trinajstić information content (AvgIpc) is 2.91. The molecular formula is C16H23N3O3S. The number of carbonyl (C=O) groups is 2. The fraction of sp³-hybridized carbons (Fsp3) is 0.688. The Kier molecular flexibility index (Phi) is 5.27. The predicted octanol–water partition coefficient (Wildman–Crippen LogP) is 1.82. The number of hydrogen-bond donors (Lipinski definition) is 2. The van der Waals surface area contributed by atoms with Crippen LogP contribution in [0.4, 0.5) is 0 Å². The molecule has 7 heteroatoms. The number of amides is 1. The van der Waals surface area contributed by atoms with Gasteiger partial charge in [0.15, 0.2) is 4.88 Å².